The van der Waals surface area contributed by atoms with Crippen molar-refractivity contribution in [3.8, 4) is 0 Å². The van der Waals surface area contributed by atoms with Crippen molar-refractivity contribution in [2.75, 3.05) is 37.1 Å². The summed E-state index contributed by atoms with van der Waals surface area (Å²) < 4.78 is 10.6. The van der Waals surface area contributed by atoms with Crippen LogP contribution in [0.1, 0.15) is 5.56 Å². The Balaban J connectivity index is 1.81. The lowest BCUT2D eigenvalue weighted by molar-refractivity contribution is -0.384. The molecule has 4 amide bonds. The number of hydrogen-bond acceptors (Lipinski definition) is 8. The Morgan fingerprint density at radius 1 is 1.15 bits per heavy atom. The minimum absolute atomic E-state index is 0.0942. The van der Waals surface area contributed by atoms with Gasteiger partial charge in [0.2, 0.25) is 5.91 Å². The zero-order valence-corrected chi connectivity index (χ0v) is 19.1. The molecule has 2 aliphatic rings. The minimum atomic E-state index is -1.72. The van der Waals surface area contributed by atoms with E-state index in [1.54, 1.807) is 11.0 Å². The molecule has 4 rings (SSSR count). The highest BCUT2D eigenvalue weighted by Gasteiger charge is 2.57. The molecule has 0 aliphatic carbocycles. The number of nitro groups is 1. The van der Waals surface area contributed by atoms with E-state index >= 15 is 0 Å². The molecule has 1 fully saturated rings. The van der Waals surface area contributed by atoms with Crippen LogP contribution >= 0.6 is 11.6 Å². The largest absolute Gasteiger partial charge is 0.365 e. The molecule has 2 aromatic rings. The number of carbonyl (C=O) groups excluding carboxylic acids is 3. The van der Waals surface area contributed by atoms with Crippen LogP contribution in [0.4, 0.5) is 21.9 Å². The highest BCUT2D eigenvalue weighted by molar-refractivity contribution is 6.32. The topological polar surface area (TPSA) is 131 Å². The molecule has 34 heavy (non-hydrogen) atoms. The summed E-state index contributed by atoms with van der Waals surface area (Å²) in [7, 11) is 2.90. The van der Waals surface area contributed by atoms with Crippen LogP contribution < -0.4 is 15.1 Å². The number of ether oxygens (including phenoxy) is 2. The molecule has 1 atom stereocenters. The van der Waals surface area contributed by atoms with Crippen LogP contribution in [-0.2, 0) is 25.5 Å². The van der Waals surface area contributed by atoms with Gasteiger partial charge in [-0.2, -0.15) is 0 Å². The average Bonchev–Trinajstić information content (AvgIpc) is 2.82. The molecular weight excluding hydrogens is 468 g/mol. The van der Waals surface area contributed by atoms with E-state index < -0.39 is 34.5 Å². The third-order valence-corrected chi connectivity index (χ3v) is 6.27. The molecule has 1 saturated heterocycles. The van der Waals surface area contributed by atoms with Crippen molar-refractivity contribution in [3.05, 3.63) is 63.2 Å². The van der Waals surface area contributed by atoms with Crippen molar-refractivity contribution in [1.29, 1.82) is 0 Å². The minimum Gasteiger partial charge on any atom is -0.365 e. The number of nitrogens with one attached hydrogen (secondary N) is 1. The maximum atomic E-state index is 13.8. The van der Waals surface area contributed by atoms with Gasteiger partial charge >= 0.3 is 6.03 Å². The van der Waals surface area contributed by atoms with Crippen LogP contribution in [0.15, 0.2) is 42.5 Å². The number of carbonyl (C=O) groups is 3. The molecule has 0 bridgehead atoms. The summed E-state index contributed by atoms with van der Waals surface area (Å²) in [5.74, 6) is -1.52. The summed E-state index contributed by atoms with van der Waals surface area (Å²) in [5, 5.41) is 14.1. The number of nitrogens with zero attached hydrogens (tertiary/aromatic N) is 3. The first-order chi connectivity index (χ1) is 16.2. The van der Waals surface area contributed by atoms with Crippen molar-refractivity contribution in [2.45, 2.75) is 12.7 Å². The number of fused-ring (bicyclic) bond motifs is 1. The number of non-ortho nitro benzene ring substituents is 1. The Labute approximate surface area is 199 Å². The molecule has 2 aliphatic heterocycles. The molecule has 0 radical (unpaired) electrons. The number of imide groups is 2. The van der Waals surface area contributed by atoms with Gasteiger partial charge in [-0.15, -0.1) is 0 Å². The number of barbiturate groups is 1. The van der Waals surface area contributed by atoms with Crippen molar-refractivity contribution >= 4 is 46.5 Å². The summed E-state index contributed by atoms with van der Waals surface area (Å²) in [4.78, 5) is 53.1. The van der Waals surface area contributed by atoms with Gasteiger partial charge in [0.25, 0.3) is 11.6 Å². The van der Waals surface area contributed by atoms with Crippen LogP contribution in [0, 0.1) is 15.5 Å². The van der Waals surface area contributed by atoms with E-state index in [1.165, 1.54) is 50.6 Å². The fourth-order valence-electron chi connectivity index (χ4n) is 4.31. The van der Waals surface area contributed by atoms with Gasteiger partial charge in [0.05, 0.1) is 17.2 Å². The van der Waals surface area contributed by atoms with Crippen LogP contribution in [0.25, 0.3) is 0 Å². The van der Waals surface area contributed by atoms with E-state index in [2.05, 4.69) is 5.32 Å². The summed E-state index contributed by atoms with van der Waals surface area (Å²) in [6, 6.07) is 9.40. The molecule has 0 aromatic heterocycles. The van der Waals surface area contributed by atoms with E-state index in [9.17, 15) is 24.5 Å². The van der Waals surface area contributed by atoms with Gasteiger partial charge in [0.15, 0.2) is 11.7 Å². The molecule has 1 N–H and O–H groups in total. The van der Waals surface area contributed by atoms with Crippen molar-refractivity contribution < 1.29 is 28.8 Å². The van der Waals surface area contributed by atoms with Crippen molar-refractivity contribution in [3.63, 3.8) is 0 Å². The lowest BCUT2D eigenvalue weighted by Crippen LogP contribution is -2.69. The van der Waals surface area contributed by atoms with E-state index in [4.69, 9.17) is 21.1 Å². The standard InChI is InChI=1S/C22H21ClN4O7/c1-33-18(34-2)11-25-12-22(10-13-9-16(27(31)32)7-8-17(13)25)19(28)24-21(30)26(20(22)29)15-5-3-14(23)4-6-15/h3-9,18H,10-12H2,1-2H3,(H,24,28,30)/t22-/m0/s1. The number of halogens is 1. The monoisotopic (exact) mass is 488 g/mol. The van der Waals surface area contributed by atoms with Gasteiger partial charge in [-0.25, -0.2) is 9.69 Å². The predicted octanol–water partition coefficient (Wildman–Crippen LogP) is 2.50. The first-order valence-electron chi connectivity index (χ1n) is 10.2. The molecule has 12 heteroatoms. The fraction of sp³-hybridized carbons (Fsp3) is 0.318. The van der Waals surface area contributed by atoms with Crippen LogP contribution in [0.5, 0.6) is 0 Å². The van der Waals surface area contributed by atoms with Gasteiger partial charge in [-0.05, 0) is 42.3 Å². The molecule has 11 nitrogen and oxygen atoms in total. The fourth-order valence-corrected chi connectivity index (χ4v) is 4.44. The molecule has 2 heterocycles. The second-order valence-electron chi connectivity index (χ2n) is 7.99. The Bertz CT molecular complexity index is 1170. The van der Waals surface area contributed by atoms with Gasteiger partial charge < -0.3 is 14.4 Å². The van der Waals surface area contributed by atoms with E-state index in [-0.39, 0.29) is 30.9 Å². The highest BCUT2D eigenvalue weighted by atomic mass is 35.5. The molecule has 1 spiro atoms. The molecule has 2 aromatic carbocycles. The van der Waals surface area contributed by atoms with E-state index in [1.807, 2.05) is 0 Å². The lowest BCUT2D eigenvalue weighted by Gasteiger charge is -2.46. The molecule has 178 valence electrons. The average molecular weight is 489 g/mol. The van der Waals surface area contributed by atoms with Crippen LogP contribution in [0.3, 0.4) is 0 Å². The third-order valence-electron chi connectivity index (χ3n) is 6.02. The second kappa shape index (κ2) is 9.01. The summed E-state index contributed by atoms with van der Waals surface area (Å²) in [6.07, 6.45) is -0.832. The Hall–Kier alpha value is -3.54. The number of urea groups is 1. The number of amides is 4. The van der Waals surface area contributed by atoms with Gasteiger partial charge in [0.1, 0.15) is 0 Å². The Morgan fingerprint density at radius 3 is 2.44 bits per heavy atom. The summed E-state index contributed by atoms with van der Waals surface area (Å²) in [5.41, 5.74) is -0.644. The zero-order chi connectivity index (χ0) is 24.6. The SMILES string of the molecule is COC(CN1C[C@@]2(Cc3cc([N+](=O)[O-])ccc31)C(=O)NC(=O)N(c1ccc(Cl)cc1)C2=O)OC. The van der Waals surface area contributed by atoms with Crippen LogP contribution in [0.2, 0.25) is 5.02 Å². The van der Waals surface area contributed by atoms with Gasteiger partial charge in [0, 0.05) is 43.6 Å². The maximum absolute atomic E-state index is 13.8. The maximum Gasteiger partial charge on any atom is 0.335 e. The molecular formula is C22H21ClN4O7. The normalized spacial score (nSPS) is 20.1. The zero-order valence-electron chi connectivity index (χ0n) is 18.3. The quantitative estimate of drug-likeness (QED) is 0.284. The van der Waals surface area contributed by atoms with E-state index in [0.29, 0.717) is 16.3 Å². The molecule has 0 unspecified atom stereocenters. The van der Waals surface area contributed by atoms with Gasteiger partial charge in [-0.1, -0.05) is 11.6 Å². The number of methoxy groups -OCH3 is 2. The van der Waals surface area contributed by atoms with Crippen molar-refractivity contribution in [1.82, 2.24) is 5.32 Å². The predicted molar refractivity (Wildman–Crippen MR) is 122 cm³/mol. The van der Waals surface area contributed by atoms with Crippen LogP contribution in [-0.4, -0.2) is 56.4 Å². The number of anilines is 2. The van der Waals surface area contributed by atoms with Crippen molar-refractivity contribution in [2.24, 2.45) is 5.41 Å². The smallest absolute Gasteiger partial charge is 0.335 e. The Morgan fingerprint density at radius 2 is 1.82 bits per heavy atom. The first-order valence-corrected chi connectivity index (χ1v) is 10.6. The number of benzene rings is 2. The summed E-state index contributed by atoms with van der Waals surface area (Å²) >= 11 is 5.94. The second-order valence-corrected chi connectivity index (χ2v) is 8.42. The van der Waals surface area contributed by atoms with Gasteiger partial charge in [-0.3, -0.25) is 25.0 Å². The first kappa shape index (κ1) is 23.6. The number of rotatable bonds is 6. The number of nitro benzene ring substituents is 1. The molecule has 0 saturated carbocycles. The lowest BCUT2D eigenvalue weighted by atomic mass is 9.74. The Kier molecular flexibility index (Phi) is 6.26. The van der Waals surface area contributed by atoms with E-state index in [0.717, 1.165) is 4.90 Å². The number of hydrogen-bond donors (Lipinski definition) is 1. The third kappa shape index (κ3) is 3.98. The highest BCUT2D eigenvalue weighted by Crippen LogP contribution is 2.42. The summed E-state index contributed by atoms with van der Waals surface area (Å²) in [6.45, 7) is 0.0398.